The zero-order valence-electron chi connectivity index (χ0n) is 8.66. The van der Waals surface area contributed by atoms with Crippen molar-refractivity contribution in [2.75, 3.05) is 12.4 Å². The van der Waals surface area contributed by atoms with E-state index in [0.29, 0.717) is 6.42 Å². The standard InChI is InChI=1S/C8H15ClN4O3/c9-2-1-5(3-6(10)14)16-7(15)4-13-8(11)12/h5H,1-4H2,(H2,10,14)(H4,11,12,13)/t5-/m1/s1. The van der Waals surface area contributed by atoms with Gasteiger partial charge in [0.1, 0.15) is 12.6 Å². The molecule has 1 amide bonds. The third-order valence-electron chi connectivity index (χ3n) is 1.58. The van der Waals surface area contributed by atoms with Gasteiger partial charge in [-0.05, 0) is 6.42 Å². The number of hydrogen-bond donors (Lipinski definition) is 4. The third kappa shape index (κ3) is 7.86. The summed E-state index contributed by atoms with van der Waals surface area (Å²) >= 11 is 5.48. The van der Waals surface area contributed by atoms with Gasteiger partial charge in [0.2, 0.25) is 5.91 Å². The van der Waals surface area contributed by atoms with E-state index in [1.807, 2.05) is 0 Å². The summed E-state index contributed by atoms with van der Waals surface area (Å²) in [5.41, 5.74) is 9.96. The Kier molecular flexibility index (Phi) is 7.02. The highest BCUT2D eigenvalue weighted by atomic mass is 35.5. The second-order valence-corrected chi connectivity index (χ2v) is 3.41. The van der Waals surface area contributed by atoms with Gasteiger partial charge in [-0.3, -0.25) is 15.0 Å². The molecule has 0 rings (SSSR count). The Morgan fingerprint density at radius 3 is 2.50 bits per heavy atom. The highest BCUT2D eigenvalue weighted by Crippen LogP contribution is 2.05. The number of carbonyl (C=O) groups is 2. The molecule has 0 aliphatic carbocycles. The SMILES string of the molecule is N=C(N)NCC(=O)O[C@H](CCCl)CC(N)=O. The van der Waals surface area contributed by atoms with Gasteiger partial charge < -0.3 is 21.5 Å². The molecule has 0 heterocycles. The second-order valence-electron chi connectivity index (χ2n) is 3.03. The number of carbonyl (C=O) groups excluding carboxylic acids is 2. The van der Waals surface area contributed by atoms with Gasteiger partial charge in [0.05, 0.1) is 6.42 Å². The minimum atomic E-state index is -0.628. The molecule has 0 saturated heterocycles. The number of esters is 1. The molecule has 0 spiro atoms. The van der Waals surface area contributed by atoms with E-state index in [4.69, 9.17) is 33.2 Å². The molecule has 0 bridgehead atoms. The molecule has 0 radical (unpaired) electrons. The molecule has 0 fully saturated rings. The number of amides is 1. The van der Waals surface area contributed by atoms with Crippen molar-refractivity contribution in [1.82, 2.24) is 5.32 Å². The second kappa shape index (κ2) is 7.75. The molecule has 16 heavy (non-hydrogen) atoms. The number of primary amides is 1. The third-order valence-corrected chi connectivity index (χ3v) is 1.80. The van der Waals surface area contributed by atoms with Gasteiger partial charge in [0.25, 0.3) is 0 Å². The van der Waals surface area contributed by atoms with Crippen LogP contribution in [-0.2, 0) is 14.3 Å². The molecule has 7 nitrogen and oxygen atoms in total. The predicted octanol–water partition coefficient (Wildman–Crippen LogP) is -1.11. The van der Waals surface area contributed by atoms with Crippen LogP contribution in [0.1, 0.15) is 12.8 Å². The molecule has 0 aliphatic heterocycles. The van der Waals surface area contributed by atoms with E-state index in [2.05, 4.69) is 5.32 Å². The maximum atomic E-state index is 11.2. The van der Waals surface area contributed by atoms with Crippen LogP contribution in [0.25, 0.3) is 0 Å². The Balaban J connectivity index is 4.01. The molecular formula is C8H15ClN4O3. The van der Waals surface area contributed by atoms with Gasteiger partial charge in [0.15, 0.2) is 5.96 Å². The number of ether oxygens (including phenoxy) is 1. The normalized spacial score (nSPS) is 11.6. The first-order valence-electron chi connectivity index (χ1n) is 4.57. The molecule has 0 aromatic carbocycles. The monoisotopic (exact) mass is 250 g/mol. The van der Waals surface area contributed by atoms with Gasteiger partial charge in [-0.1, -0.05) is 0 Å². The van der Waals surface area contributed by atoms with Crippen molar-refractivity contribution in [3.05, 3.63) is 0 Å². The minimum absolute atomic E-state index is 0.0709. The van der Waals surface area contributed by atoms with Gasteiger partial charge in [-0.15, -0.1) is 11.6 Å². The van der Waals surface area contributed by atoms with E-state index >= 15 is 0 Å². The van der Waals surface area contributed by atoms with Crippen molar-refractivity contribution in [2.45, 2.75) is 18.9 Å². The van der Waals surface area contributed by atoms with Gasteiger partial charge in [0, 0.05) is 5.88 Å². The van der Waals surface area contributed by atoms with E-state index in [1.54, 1.807) is 0 Å². The quantitative estimate of drug-likeness (QED) is 0.197. The molecule has 0 aromatic heterocycles. The summed E-state index contributed by atoms with van der Waals surface area (Å²) in [6.45, 7) is -0.229. The Hall–Kier alpha value is -1.50. The summed E-state index contributed by atoms with van der Waals surface area (Å²) in [4.78, 5) is 21.8. The molecule has 8 heteroatoms. The first kappa shape index (κ1) is 14.5. The Bertz CT molecular complexity index is 272. The van der Waals surface area contributed by atoms with Gasteiger partial charge in [-0.25, -0.2) is 0 Å². The number of guanidine groups is 1. The number of nitrogens with two attached hydrogens (primary N) is 2. The Morgan fingerprint density at radius 2 is 2.06 bits per heavy atom. The van der Waals surface area contributed by atoms with Crippen molar-refractivity contribution >= 4 is 29.4 Å². The van der Waals surface area contributed by atoms with E-state index in [0.717, 1.165) is 0 Å². The smallest absolute Gasteiger partial charge is 0.325 e. The fraction of sp³-hybridized carbons (Fsp3) is 0.625. The van der Waals surface area contributed by atoms with Crippen LogP contribution in [-0.4, -0.2) is 36.4 Å². The molecule has 0 aliphatic rings. The maximum Gasteiger partial charge on any atom is 0.325 e. The molecule has 92 valence electrons. The van der Waals surface area contributed by atoms with Gasteiger partial charge in [-0.2, -0.15) is 0 Å². The van der Waals surface area contributed by atoms with Crippen molar-refractivity contribution in [3.63, 3.8) is 0 Å². The lowest BCUT2D eigenvalue weighted by Gasteiger charge is -2.15. The molecule has 0 saturated carbocycles. The van der Waals surface area contributed by atoms with Crippen LogP contribution in [0.3, 0.4) is 0 Å². The number of alkyl halides is 1. The maximum absolute atomic E-state index is 11.2. The zero-order valence-corrected chi connectivity index (χ0v) is 9.42. The van der Waals surface area contributed by atoms with Crippen LogP contribution in [0.15, 0.2) is 0 Å². The molecule has 6 N–H and O–H groups in total. The van der Waals surface area contributed by atoms with Crippen LogP contribution in [0.2, 0.25) is 0 Å². The lowest BCUT2D eigenvalue weighted by molar-refractivity contribution is -0.148. The summed E-state index contributed by atoms with van der Waals surface area (Å²) < 4.78 is 4.91. The predicted molar refractivity (Wildman–Crippen MR) is 58.9 cm³/mol. The first-order chi connectivity index (χ1) is 7.45. The summed E-state index contributed by atoms with van der Waals surface area (Å²) in [5, 5.41) is 9.11. The highest BCUT2D eigenvalue weighted by molar-refractivity contribution is 6.17. The number of halogens is 1. The lowest BCUT2D eigenvalue weighted by Crippen LogP contribution is -2.37. The van der Waals surface area contributed by atoms with E-state index in [9.17, 15) is 9.59 Å². The fourth-order valence-corrected chi connectivity index (χ4v) is 1.19. The number of nitrogens with one attached hydrogen (secondary N) is 2. The molecule has 1 atom stereocenters. The van der Waals surface area contributed by atoms with Crippen molar-refractivity contribution in [1.29, 1.82) is 5.41 Å². The molecule has 0 unspecified atom stereocenters. The van der Waals surface area contributed by atoms with Crippen molar-refractivity contribution in [2.24, 2.45) is 11.5 Å². The summed E-state index contributed by atoms with van der Waals surface area (Å²) in [7, 11) is 0. The van der Waals surface area contributed by atoms with E-state index < -0.39 is 18.0 Å². The van der Waals surface area contributed by atoms with Crippen LogP contribution in [0, 0.1) is 5.41 Å². The van der Waals surface area contributed by atoms with Crippen LogP contribution < -0.4 is 16.8 Å². The van der Waals surface area contributed by atoms with Crippen LogP contribution >= 0.6 is 11.6 Å². The van der Waals surface area contributed by atoms with Crippen molar-refractivity contribution in [3.8, 4) is 0 Å². The first-order valence-corrected chi connectivity index (χ1v) is 5.10. The Labute approximate surface area is 97.9 Å². The number of rotatable bonds is 7. The average molecular weight is 251 g/mol. The zero-order chi connectivity index (χ0) is 12.6. The topological polar surface area (TPSA) is 131 Å². The summed E-state index contributed by atoms with van der Waals surface area (Å²) in [6.07, 6.45) is -0.356. The summed E-state index contributed by atoms with van der Waals surface area (Å²) in [6, 6.07) is 0. The van der Waals surface area contributed by atoms with Gasteiger partial charge >= 0.3 is 5.97 Å². The molecular weight excluding hydrogens is 236 g/mol. The largest absolute Gasteiger partial charge is 0.460 e. The fourth-order valence-electron chi connectivity index (χ4n) is 0.944. The highest BCUT2D eigenvalue weighted by Gasteiger charge is 2.16. The van der Waals surface area contributed by atoms with Crippen LogP contribution in [0.4, 0.5) is 0 Å². The Morgan fingerprint density at radius 1 is 1.44 bits per heavy atom. The minimum Gasteiger partial charge on any atom is -0.460 e. The molecule has 0 aromatic rings. The van der Waals surface area contributed by atoms with E-state index in [1.165, 1.54) is 0 Å². The van der Waals surface area contributed by atoms with E-state index in [-0.39, 0.29) is 24.8 Å². The number of hydrogen-bond acceptors (Lipinski definition) is 4. The summed E-state index contributed by atoms with van der Waals surface area (Å²) in [5.74, 6) is -1.26. The average Bonchev–Trinajstić information content (AvgIpc) is 2.14. The lowest BCUT2D eigenvalue weighted by atomic mass is 10.2. The van der Waals surface area contributed by atoms with Crippen LogP contribution in [0.5, 0.6) is 0 Å². The van der Waals surface area contributed by atoms with Crippen molar-refractivity contribution < 1.29 is 14.3 Å².